The number of rotatable bonds is 1. The molecule has 1 atom stereocenters. The molecule has 1 aromatic carbocycles. The van der Waals surface area contributed by atoms with E-state index in [1.165, 1.54) is 37.2 Å². The summed E-state index contributed by atoms with van der Waals surface area (Å²) in [4.78, 5) is 2.56. The zero-order chi connectivity index (χ0) is 10.3. The molecule has 15 heavy (non-hydrogen) atoms. The number of benzene rings is 1. The number of nitrogens with zero attached hydrogens (tertiary/aromatic N) is 1. The first-order valence-corrected chi connectivity index (χ1v) is 6.00. The second-order valence-electron chi connectivity index (χ2n) is 4.35. The van der Waals surface area contributed by atoms with Crippen LogP contribution in [0.4, 0.5) is 5.69 Å². The maximum Gasteiger partial charge on any atom is 0.0426 e. The van der Waals surface area contributed by atoms with Crippen LogP contribution >= 0.6 is 11.6 Å². The summed E-state index contributed by atoms with van der Waals surface area (Å²) >= 11 is 6.00. The largest absolute Gasteiger partial charge is 0.385 e. The number of hydrogen-bond acceptors (Lipinski definition) is 2. The van der Waals surface area contributed by atoms with Crippen molar-refractivity contribution >= 4 is 17.3 Å². The van der Waals surface area contributed by atoms with Gasteiger partial charge in [0.25, 0.3) is 0 Å². The van der Waals surface area contributed by atoms with Crippen LogP contribution in [0.25, 0.3) is 0 Å². The Morgan fingerprint density at radius 2 is 2.20 bits per heavy atom. The summed E-state index contributed by atoms with van der Waals surface area (Å²) in [6.45, 7) is 3.58. The highest BCUT2D eigenvalue weighted by atomic mass is 35.5. The quantitative estimate of drug-likeness (QED) is 0.786. The van der Waals surface area contributed by atoms with Gasteiger partial charge in [-0.05, 0) is 43.6 Å². The van der Waals surface area contributed by atoms with Crippen LogP contribution in [0.2, 0.25) is 5.02 Å². The average molecular weight is 223 g/mol. The summed E-state index contributed by atoms with van der Waals surface area (Å²) in [7, 11) is 0. The van der Waals surface area contributed by atoms with E-state index in [9.17, 15) is 0 Å². The Hall–Kier alpha value is -0.730. The Balaban J connectivity index is 1.95. The number of anilines is 1. The third-order valence-electron chi connectivity index (χ3n) is 3.44. The summed E-state index contributed by atoms with van der Waals surface area (Å²) < 4.78 is 0. The highest BCUT2D eigenvalue weighted by Gasteiger charge is 2.29. The summed E-state index contributed by atoms with van der Waals surface area (Å²) in [5.41, 5.74) is 2.65. The van der Waals surface area contributed by atoms with E-state index in [0.717, 1.165) is 11.6 Å². The average Bonchev–Trinajstić information content (AvgIpc) is 2.15. The number of nitrogens with one attached hydrogen (secondary N) is 1. The van der Waals surface area contributed by atoms with Crippen LogP contribution in [0.5, 0.6) is 0 Å². The van der Waals surface area contributed by atoms with Gasteiger partial charge in [-0.3, -0.25) is 4.90 Å². The van der Waals surface area contributed by atoms with Gasteiger partial charge in [-0.15, -0.1) is 0 Å². The zero-order valence-corrected chi connectivity index (χ0v) is 9.43. The molecule has 0 radical (unpaired) electrons. The van der Waals surface area contributed by atoms with E-state index in [4.69, 9.17) is 11.6 Å². The molecular formula is C12H15ClN2. The lowest BCUT2D eigenvalue weighted by Gasteiger charge is -2.41. The molecule has 1 N–H and O–H groups in total. The van der Waals surface area contributed by atoms with Crippen LogP contribution in [0.3, 0.4) is 0 Å². The van der Waals surface area contributed by atoms with Gasteiger partial charge in [-0.1, -0.05) is 17.7 Å². The molecule has 0 aromatic heterocycles. The molecule has 2 aliphatic heterocycles. The Kier molecular flexibility index (Phi) is 2.33. The third-order valence-corrected chi connectivity index (χ3v) is 3.67. The first kappa shape index (κ1) is 9.49. The summed E-state index contributed by atoms with van der Waals surface area (Å²) in [5, 5.41) is 4.25. The predicted octanol–water partition coefficient (Wildman–Crippen LogP) is 2.90. The highest BCUT2D eigenvalue weighted by Crippen LogP contribution is 2.37. The number of hydrogen-bond donors (Lipinski definition) is 1. The molecule has 1 unspecified atom stereocenters. The molecule has 1 saturated heterocycles. The zero-order valence-electron chi connectivity index (χ0n) is 8.67. The molecule has 0 amide bonds. The Morgan fingerprint density at radius 3 is 2.93 bits per heavy atom. The minimum atomic E-state index is 0.618. The first-order valence-electron chi connectivity index (χ1n) is 5.62. The van der Waals surface area contributed by atoms with Crippen LogP contribution in [-0.2, 0) is 0 Å². The van der Waals surface area contributed by atoms with Gasteiger partial charge in [-0.25, -0.2) is 0 Å². The van der Waals surface area contributed by atoms with E-state index in [0.29, 0.717) is 6.04 Å². The molecule has 80 valence electrons. The van der Waals surface area contributed by atoms with Crippen LogP contribution in [0.15, 0.2) is 18.2 Å². The van der Waals surface area contributed by atoms with Crippen LogP contribution in [-0.4, -0.2) is 24.5 Å². The van der Waals surface area contributed by atoms with E-state index in [1.54, 1.807) is 0 Å². The van der Waals surface area contributed by atoms with E-state index < -0.39 is 0 Å². The van der Waals surface area contributed by atoms with Gasteiger partial charge >= 0.3 is 0 Å². The van der Waals surface area contributed by atoms with Crippen molar-refractivity contribution in [3.8, 4) is 0 Å². The number of likely N-dealkylation sites (tertiary alicyclic amines) is 1. The summed E-state index contributed by atoms with van der Waals surface area (Å²) in [6.07, 6.45) is 2.57. The van der Waals surface area contributed by atoms with Crippen molar-refractivity contribution in [2.45, 2.75) is 18.9 Å². The Bertz CT molecular complexity index is 374. The molecular weight excluding hydrogens is 208 g/mol. The molecule has 3 heteroatoms. The van der Waals surface area contributed by atoms with Crippen molar-refractivity contribution in [2.24, 2.45) is 0 Å². The standard InChI is InChI=1S/C12H15ClN2/c13-9-2-3-10-11(8-9)14-5-4-12(10)15-6-1-7-15/h2-3,8,12,14H,1,4-7H2. The topological polar surface area (TPSA) is 15.3 Å². The molecule has 1 fully saturated rings. The maximum atomic E-state index is 6.00. The third kappa shape index (κ3) is 1.62. The van der Waals surface area contributed by atoms with E-state index in [-0.39, 0.29) is 0 Å². The summed E-state index contributed by atoms with van der Waals surface area (Å²) in [6, 6.07) is 6.84. The normalized spacial score (nSPS) is 25.3. The van der Waals surface area contributed by atoms with Crippen molar-refractivity contribution in [1.29, 1.82) is 0 Å². The lowest BCUT2D eigenvalue weighted by molar-refractivity contribution is 0.112. The minimum absolute atomic E-state index is 0.618. The molecule has 0 spiro atoms. The lowest BCUT2D eigenvalue weighted by atomic mass is 9.94. The Labute approximate surface area is 95.2 Å². The van der Waals surface area contributed by atoms with E-state index >= 15 is 0 Å². The fourth-order valence-corrected chi connectivity index (χ4v) is 2.67. The molecule has 2 nitrogen and oxygen atoms in total. The Morgan fingerprint density at radius 1 is 1.33 bits per heavy atom. The van der Waals surface area contributed by atoms with Crippen molar-refractivity contribution in [3.63, 3.8) is 0 Å². The fourth-order valence-electron chi connectivity index (χ4n) is 2.50. The lowest BCUT2D eigenvalue weighted by Crippen LogP contribution is -2.42. The van der Waals surface area contributed by atoms with E-state index in [2.05, 4.69) is 16.3 Å². The number of halogens is 1. The molecule has 0 saturated carbocycles. The van der Waals surface area contributed by atoms with Gasteiger partial charge in [-0.2, -0.15) is 0 Å². The number of fused-ring (bicyclic) bond motifs is 1. The fraction of sp³-hybridized carbons (Fsp3) is 0.500. The van der Waals surface area contributed by atoms with E-state index in [1.807, 2.05) is 12.1 Å². The SMILES string of the molecule is Clc1ccc2c(c1)NCCC2N1CCC1. The summed E-state index contributed by atoms with van der Waals surface area (Å²) in [5.74, 6) is 0. The minimum Gasteiger partial charge on any atom is -0.385 e. The molecule has 3 rings (SSSR count). The van der Waals surface area contributed by atoms with Crippen LogP contribution < -0.4 is 5.32 Å². The predicted molar refractivity (Wildman–Crippen MR) is 63.5 cm³/mol. The van der Waals surface area contributed by atoms with Crippen molar-refractivity contribution in [1.82, 2.24) is 4.90 Å². The van der Waals surface area contributed by atoms with Gasteiger partial charge in [0.1, 0.15) is 0 Å². The van der Waals surface area contributed by atoms with Crippen molar-refractivity contribution in [2.75, 3.05) is 25.0 Å². The molecule has 0 aliphatic carbocycles. The first-order chi connectivity index (χ1) is 7.34. The second kappa shape index (κ2) is 3.69. The van der Waals surface area contributed by atoms with Gasteiger partial charge in [0, 0.05) is 23.3 Å². The van der Waals surface area contributed by atoms with Gasteiger partial charge in [0.15, 0.2) is 0 Å². The van der Waals surface area contributed by atoms with Gasteiger partial charge in [0.05, 0.1) is 0 Å². The highest BCUT2D eigenvalue weighted by molar-refractivity contribution is 6.30. The molecule has 0 bridgehead atoms. The van der Waals surface area contributed by atoms with Crippen LogP contribution in [0.1, 0.15) is 24.4 Å². The smallest absolute Gasteiger partial charge is 0.0426 e. The van der Waals surface area contributed by atoms with Crippen LogP contribution in [0, 0.1) is 0 Å². The molecule has 1 aromatic rings. The second-order valence-corrected chi connectivity index (χ2v) is 4.79. The van der Waals surface area contributed by atoms with Gasteiger partial charge < -0.3 is 5.32 Å². The van der Waals surface area contributed by atoms with Gasteiger partial charge in [0.2, 0.25) is 0 Å². The molecule has 2 aliphatic rings. The maximum absolute atomic E-state index is 6.00. The van der Waals surface area contributed by atoms with Crippen molar-refractivity contribution in [3.05, 3.63) is 28.8 Å². The monoisotopic (exact) mass is 222 g/mol. The van der Waals surface area contributed by atoms with Crippen molar-refractivity contribution < 1.29 is 0 Å². The molecule has 2 heterocycles.